The second-order valence-corrected chi connectivity index (χ2v) is 6.94. The molecule has 0 aromatic heterocycles. The van der Waals surface area contributed by atoms with Crippen LogP contribution < -0.4 is 21.1 Å². The van der Waals surface area contributed by atoms with Crippen molar-refractivity contribution in [3.8, 4) is 5.75 Å². The lowest BCUT2D eigenvalue weighted by Gasteiger charge is -2.29. The van der Waals surface area contributed by atoms with Gasteiger partial charge in [0.05, 0.1) is 6.10 Å². The Balaban J connectivity index is 1.42. The van der Waals surface area contributed by atoms with Crippen molar-refractivity contribution < 1.29 is 14.3 Å². The van der Waals surface area contributed by atoms with E-state index in [4.69, 9.17) is 10.5 Å². The molecule has 0 atom stereocenters. The summed E-state index contributed by atoms with van der Waals surface area (Å²) < 4.78 is 5.97. The van der Waals surface area contributed by atoms with Gasteiger partial charge in [0, 0.05) is 17.3 Å². The largest absolute Gasteiger partial charge is 0.490 e. The van der Waals surface area contributed by atoms with Gasteiger partial charge in [-0.3, -0.25) is 4.79 Å². The lowest BCUT2D eigenvalue weighted by Crippen LogP contribution is -2.41. The van der Waals surface area contributed by atoms with Crippen molar-refractivity contribution in [1.29, 1.82) is 0 Å². The number of anilines is 1. The van der Waals surface area contributed by atoms with Crippen molar-refractivity contribution in [2.24, 2.45) is 5.73 Å². The van der Waals surface area contributed by atoms with Crippen LogP contribution in [0.4, 0.5) is 10.5 Å². The second kappa shape index (κ2) is 8.58. The fourth-order valence-corrected chi connectivity index (χ4v) is 3.20. The molecule has 142 valence electrons. The highest BCUT2D eigenvalue weighted by molar-refractivity contribution is 5.92. The minimum atomic E-state index is -0.447. The summed E-state index contributed by atoms with van der Waals surface area (Å²) >= 11 is 0. The van der Waals surface area contributed by atoms with E-state index in [1.165, 1.54) is 0 Å². The molecule has 0 bridgehead atoms. The van der Waals surface area contributed by atoms with Crippen molar-refractivity contribution in [3.63, 3.8) is 0 Å². The minimum Gasteiger partial charge on any atom is -0.490 e. The van der Waals surface area contributed by atoms with E-state index < -0.39 is 5.91 Å². The topological polar surface area (TPSA) is 93.4 Å². The summed E-state index contributed by atoms with van der Waals surface area (Å²) in [6.45, 7) is 2.01. The maximum absolute atomic E-state index is 12.1. The van der Waals surface area contributed by atoms with E-state index >= 15 is 0 Å². The lowest BCUT2D eigenvalue weighted by atomic mass is 9.93. The molecule has 4 N–H and O–H groups in total. The Morgan fingerprint density at radius 2 is 1.59 bits per heavy atom. The smallest absolute Gasteiger partial charge is 0.319 e. The third-order valence-corrected chi connectivity index (χ3v) is 4.76. The normalized spacial score (nSPS) is 19.1. The maximum Gasteiger partial charge on any atom is 0.319 e. The predicted octanol–water partition coefficient (Wildman–Crippen LogP) is 3.61. The molecule has 6 nitrogen and oxygen atoms in total. The van der Waals surface area contributed by atoms with E-state index in [2.05, 4.69) is 10.6 Å². The number of ether oxygens (including phenoxy) is 1. The Kier molecular flexibility index (Phi) is 5.96. The fraction of sp³-hybridized carbons (Fsp3) is 0.333. The summed E-state index contributed by atoms with van der Waals surface area (Å²) in [5.41, 5.74) is 7.65. The number of benzene rings is 2. The van der Waals surface area contributed by atoms with Gasteiger partial charge in [0.25, 0.3) is 0 Å². The number of rotatable bonds is 5. The molecular weight excluding hydrogens is 342 g/mol. The van der Waals surface area contributed by atoms with Gasteiger partial charge in [-0.1, -0.05) is 17.7 Å². The molecule has 0 radical (unpaired) electrons. The number of nitrogens with one attached hydrogen (secondary N) is 2. The zero-order valence-corrected chi connectivity index (χ0v) is 15.4. The summed E-state index contributed by atoms with van der Waals surface area (Å²) in [5.74, 6) is 0.283. The fourth-order valence-electron chi connectivity index (χ4n) is 3.20. The number of urea groups is 1. The summed E-state index contributed by atoms with van der Waals surface area (Å²) in [7, 11) is 0. The molecule has 3 amide bonds. The van der Waals surface area contributed by atoms with Crippen LogP contribution in [0, 0.1) is 6.92 Å². The van der Waals surface area contributed by atoms with Crippen LogP contribution in [-0.4, -0.2) is 24.1 Å². The van der Waals surface area contributed by atoms with E-state index in [9.17, 15) is 9.59 Å². The second-order valence-electron chi connectivity index (χ2n) is 6.94. The third kappa shape index (κ3) is 5.48. The Morgan fingerprint density at radius 3 is 2.19 bits per heavy atom. The zero-order chi connectivity index (χ0) is 19.2. The molecular formula is C21H25N3O3. The molecule has 2 aromatic carbocycles. The van der Waals surface area contributed by atoms with Crippen molar-refractivity contribution in [3.05, 3.63) is 59.7 Å². The average molecular weight is 367 g/mol. The Labute approximate surface area is 159 Å². The number of amides is 3. The van der Waals surface area contributed by atoms with Gasteiger partial charge in [-0.15, -0.1) is 0 Å². The molecule has 3 rings (SSSR count). The van der Waals surface area contributed by atoms with E-state index in [1.807, 2.05) is 31.2 Å². The van der Waals surface area contributed by atoms with Crippen LogP contribution in [0.15, 0.2) is 48.5 Å². The van der Waals surface area contributed by atoms with Crippen LogP contribution in [0.2, 0.25) is 0 Å². The van der Waals surface area contributed by atoms with Crippen LogP contribution in [0.1, 0.15) is 41.6 Å². The van der Waals surface area contributed by atoms with Crippen LogP contribution in [-0.2, 0) is 0 Å². The minimum absolute atomic E-state index is 0.114. The van der Waals surface area contributed by atoms with Gasteiger partial charge in [0.1, 0.15) is 5.75 Å². The van der Waals surface area contributed by atoms with Gasteiger partial charge >= 0.3 is 6.03 Å². The number of hydrogen-bond donors (Lipinski definition) is 3. The zero-order valence-electron chi connectivity index (χ0n) is 15.4. The SMILES string of the molecule is Cc1ccc(NC(=O)NC2CCC(Oc3ccc(C(N)=O)cc3)CC2)cc1. The number of hydrogen-bond acceptors (Lipinski definition) is 3. The van der Waals surface area contributed by atoms with Crippen molar-refractivity contribution in [2.45, 2.75) is 44.8 Å². The summed E-state index contributed by atoms with van der Waals surface area (Å²) in [6, 6.07) is 14.5. The highest BCUT2D eigenvalue weighted by Gasteiger charge is 2.23. The van der Waals surface area contributed by atoms with Crippen LogP contribution in [0.5, 0.6) is 5.75 Å². The van der Waals surface area contributed by atoms with Gasteiger partial charge in [0.15, 0.2) is 0 Å². The number of nitrogens with two attached hydrogens (primary N) is 1. The van der Waals surface area contributed by atoms with Gasteiger partial charge in [-0.05, 0) is 69.0 Å². The molecule has 1 aliphatic rings. The molecule has 1 fully saturated rings. The number of aryl methyl sites for hydroxylation is 1. The van der Waals surface area contributed by atoms with E-state index in [0.29, 0.717) is 5.56 Å². The van der Waals surface area contributed by atoms with E-state index in [-0.39, 0.29) is 18.2 Å². The Morgan fingerprint density at radius 1 is 0.963 bits per heavy atom. The number of primary amides is 1. The summed E-state index contributed by atoms with van der Waals surface area (Å²) in [6.07, 6.45) is 3.58. The molecule has 27 heavy (non-hydrogen) atoms. The number of carbonyl (C=O) groups is 2. The Hall–Kier alpha value is -3.02. The quantitative estimate of drug-likeness (QED) is 0.754. The molecule has 0 saturated heterocycles. The summed E-state index contributed by atoms with van der Waals surface area (Å²) in [4.78, 5) is 23.2. The van der Waals surface area contributed by atoms with Crippen molar-refractivity contribution >= 4 is 17.6 Å². The van der Waals surface area contributed by atoms with E-state index in [1.54, 1.807) is 24.3 Å². The van der Waals surface area contributed by atoms with Crippen LogP contribution in [0.3, 0.4) is 0 Å². The maximum atomic E-state index is 12.1. The Bertz CT molecular complexity index is 779. The third-order valence-electron chi connectivity index (χ3n) is 4.76. The monoisotopic (exact) mass is 367 g/mol. The van der Waals surface area contributed by atoms with Gasteiger partial charge < -0.3 is 21.1 Å². The van der Waals surface area contributed by atoms with Crippen molar-refractivity contribution in [1.82, 2.24) is 5.32 Å². The molecule has 0 aliphatic heterocycles. The summed E-state index contributed by atoms with van der Waals surface area (Å²) in [5, 5.41) is 5.89. The first-order chi connectivity index (χ1) is 13.0. The van der Waals surface area contributed by atoms with Gasteiger partial charge in [-0.25, -0.2) is 4.79 Å². The molecule has 0 spiro atoms. The number of carbonyl (C=O) groups excluding carboxylic acids is 2. The van der Waals surface area contributed by atoms with Crippen LogP contribution in [0.25, 0.3) is 0 Å². The molecule has 6 heteroatoms. The first-order valence-electron chi connectivity index (χ1n) is 9.20. The van der Waals surface area contributed by atoms with E-state index in [0.717, 1.165) is 42.7 Å². The molecule has 0 unspecified atom stereocenters. The van der Waals surface area contributed by atoms with Gasteiger partial charge in [0.2, 0.25) is 5.91 Å². The standard InChI is InChI=1S/C21H25N3O3/c1-14-2-6-16(7-3-14)23-21(26)24-17-8-12-19(13-9-17)27-18-10-4-15(5-11-18)20(22)25/h2-7,10-11,17,19H,8-9,12-13H2,1H3,(H2,22,25)(H2,23,24,26). The highest BCUT2D eigenvalue weighted by atomic mass is 16.5. The molecule has 1 aliphatic carbocycles. The highest BCUT2D eigenvalue weighted by Crippen LogP contribution is 2.24. The lowest BCUT2D eigenvalue weighted by molar-refractivity contribution is 0.1000. The molecule has 2 aromatic rings. The first-order valence-corrected chi connectivity index (χ1v) is 9.20. The van der Waals surface area contributed by atoms with Gasteiger partial charge in [-0.2, -0.15) is 0 Å². The molecule has 1 saturated carbocycles. The molecule has 0 heterocycles. The average Bonchev–Trinajstić information content (AvgIpc) is 2.66. The van der Waals surface area contributed by atoms with Crippen molar-refractivity contribution in [2.75, 3.05) is 5.32 Å². The first kappa shape index (κ1) is 18.8. The van der Waals surface area contributed by atoms with Crippen LogP contribution >= 0.6 is 0 Å². The predicted molar refractivity (Wildman–Crippen MR) is 105 cm³/mol.